The van der Waals surface area contributed by atoms with Gasteiger partial charge < -0.3 is 9.84 Å². The van der Waals surface area contributed by atoms with Gasteiger partial charge in [-0.3, -0.25) is 10.1 Å². The highest BCUT2D eigenvalue weighted by Gasteiger charge is 2.28. The topological polar surface area (TPSA) is 58.6 Å². The number of rotatable bonds is 7. The van der Waals surface area contributed by atoms with E-state index in [0.717, 1.165) is 22.9 Å². The second-order valence-electron chi connectivity index (χ2n) is 5.22. The molecule has 21 heavy (non-hydrogen) atoms. The van der Waals surface area contributed by atoms with Gasteiger partial charge in [0.15, 0.2) is 0 Å². The van der Waals surface area contributed by atoms with E-state index in [9.17, 15) is 9.90 Å². The second-order valence-corrected chi connectivity index (χ2v) is 6.13. The van der Waals surface area contributed by atoms with Crippen LogP contribution in [0.15, 0.2) is 22.7 Å². The number of benzene rings is 1. The van der Waals surface area contributed by atoms with Crippen molar-refractivity contribution in [3.8, 4) is 5.75 Å². The van der Waals surface area contributed by atoms with Gasteiger partial charge in [-0.15, -0.1) is 0 Å². The van der Waals surface area contributed by atoms with Crippen molar-refractivity contribution < 1.29 is 14.6 Å². The molecule has 0 aromatic heterocycles. The lowest BCUT2D eigenvalue weighted by molar-refractivity contribution is -0.144. The summed E-state index contributed by atoms with van der Waals surface area (Å²) in [6.45, 7) is 6.07. The van der Waals surface area contributed by atoms with Crippen LogP contribution in [0, 0.1) is 5.92 Å². The number of ether oxygens (including phenoxy) is 1. The first-order chi connectivity index (χ1) is 9.94. The maximum atomic E-state index is 12.0. The fraction of sp³-hybridized carbons (Fsp3) is 0.562. The van der Waals surface area contributed by atoms with E-state index in [0.29, 0.717) is 0 Å². The Labute approximate surface area is 135 Å². The Balaban J connectivity index is 3.03. The van der Waals surface area contributed by atoms with Gasteiger partial charge in [-0.2, -0.15) is 0 Å². The van der Waals surface area contributed by atoms with E-state index in [1.807, 2.05) is 26.8 Å². The number of aromatic hydroxyl groups is 1. The summed E-state index contributed by atoms with van der Waals surface area (Å²) in [4.78, 5) is 12.0. The van der Waals surface area contributed by atoms with Crippen LogP contribution >= 0.6 is 15.9 Å². The Morgan fingerprint density at radius 2 is 2.05 bits per heavy atom. The smallest absolute Gasteiger partial charge is 0.323 e. The number of phenolic OH excluding ortho intramolecular Hbond substituents is 1. The first-order valence-corrected chi connectivity index (χ1v) is 8.06. The molecule has 1 aromatic rings. The molecule has 0 aliphatic carbocycles. The highest BCUT2D eigenvalue weighted by molar-refractivity contribution is 9.10. The second kappa shape index (κ2) is 8.39. The van der Waals surface area contributed by atoms with Gasteiger partial charge >= 0.3 is 5.97 Å². The van der Waals surface area contributed by atoms with Gasteiger partial charge in [-0.05, 0) is 30.5 Å². The molecule has 2 N–H and O–H groups in total. The van der Waals surface area contributed by atoms with Crippen LogP contribution in [0.5, 0.6) is 5.75 Å². The summed E-state index contributed by atoms with van der Waals surface area (Å²) in [5.74, 6) is 0.114. The van der Waals surface area contributed by atoms with Crippen molar-refractivity contribution in [1.82, 2.24) is 5.32 Å². The number of carbonyl (C=O) groups is 1. The van der Waals surface area contributed by atoms with Gasteiger partial charge in [-0.1, -0.05) is 43.1 Å². The largest absolute Gasteiger partial charge is 0.508 e. The number of nitrogens with one attached hydrogen (secondary N) is 1. The van der Waals surface area contributed by atoms with Gasteiger partial charge in [0.1, 0.15) is 11.8 Å². The van der Waals surface area contributed by atoms with Crippen LogP contribution in [0.25, 0.3) is 0 Å². The molecular weight excluding hydrogens is 334 g/mol. The van der Waals surface area contributed by atoms with Crippen LogP contribution in [-0.2, 0) is 9.53 Å². The average molecular weight is 358 g/mol. The fourth-order valence-corrected chi connectivity index (χ4v) is 2.65. The molecule has 1 rings (SSSR count). The molecule has 4 nitrogen and oxygen atoms in total. The Bertz CT molecular complexity index is 479. The third-order valence-electron chi connectivity index (χ3n) is 3.82. The molecule has 0 radical (unpaired) electrons. The third kappa shape index (κ3) is 4.71. The number of phenols is 1. The number of methoxy groups -OCH3 is 1. The van der Waals surface area contributed by atoms with Crippen molar-refractivity contribution in [3.63, 3.8) is 0 Å². The predicted molar refractivity (Wildman–Crippen MR) is 87.2 cm³/mol. The highest BCUT2D eigenvalue weighted by Crippen LogP contribution is 2.30. The molecule has 118 valence electrons. The molecule has 0 aliphatic heterocycles. The lowest BCUT2D eigenvalue weighted by atomic mass is 9.95. The van der Waals surface area contributed by atoms with Crippen molar-refractivity contribution >= 4 is 21.9 Å². The van der Waals surface area contributed by atoms with Crippen molar-refractivity contribution in [2.75, 3.05) is 7.11 Å². The first-order valence-electron chi connectivity index (χ1n) is 7.26. The quantitative estimate of drug-likeness (QED) is 0.729. The van der Waals surface area contributed by atoms with Crippen molar-refractivity contribution in [1.29, 1.82) is 0 Å². The van der Waals surface area contributed by atoms with E-state index in [1.54, 1.807) is 12.1 Å². The molecular formula is C16H24BrNO3. The van der Waals surface area contributed by atoms with E-state index in [1.165, 1.54) is 7.11 Å². The summed E-state index contributed by atoms with van der Waals surface area (Å²) in [6.07, 6.45) is 1.63. The van der Waals surface area contributed by atoms with Crippen LogP contribution in [0.3, 0.4) is 0 Å². The fourth-order valence-electron chi connectivity index (χ4n) is 2.28. The molecule has 3 unspecified atom stereocenters. The van der Waals surface area contributed by atoms with Gasteiger partial charge in [0.25, 0.3) is 0 Å². The lowest BCUT2D eigenvalue weighted by Crippen LogP contribution is -2.44. The summed E-state index contributed by atoms with van der Waals surface area (Å²) in [5.41, 5.74) is 0.782. The number of carbonyl (C=O) groups excluding carboxylic acids is 1. The molecule has 0 saturated carbocycles. The maximum absolute atomic E-state index is 12.0. The van der Waals surface area contributed by atoms with Crippen LogP contribution < -0.4 is 5.32 Å². The van der Waals surface area contributed by atoms with Gasteiger partial charge in [-0.25, -0.2) is 0 Å². The van der Waals surface area contributed by atoms with Crippen LogP contribution in [-0.4, -0.2) is 24.2 Å². The summed E-state index contributed by atoms with van der Waals surface area (Å²) < 4.78 is 5.79. The summed E-state index contributed by atoms with van der Waals surface area (Å²) in [7, 11) is 1.40. The monoisotopic (exact) mass is 357 g/mol. The minimum Gasteiger partial charge on any atom is -0.508 e. The lowest BCUT2D eigenvalue weighted by Gasteiger charge is -2.28. The number of halogens is 1. The molecule has 0 fully saturated rings. The zero-order chi connectivity index (χ0) is 16.0. The molecule has 1 aromatic carbocycles. The van der Waals surface area contributed by atoms with E-state index >= 15 is 0 Å². The van der Waals surface area contributed by atoms with E-state index in [4.69, 9.17) is 4.74 Å². The Kier molecular flexibility index (Phi) is 7.18. The molecule has 0 spiro atoms. The van der Waals surface area contributed by atoms with Crippen molar-refractivity contribution in [3.05, 3.63) is 28.2 Å². The zero-order valence-corrected chi connectivity index (χ0v) is 14.6. The Hall–Kier alpha value is -1.07. The van der Waals surface area contributed by atoms with Crippen LogP contribution in [0.2, 0.25) is 0 Å². The number of hydrogen-bond donors (Lipinski definition) is 2. The Morgan fingerprint density at radius 1 is 1.38 bits per heavy atom. The zero-order valence-electron chi connectivity index (χ0n) is 13.0. The molecule has 0 saturated heterocycles. The normalized spacial score (nSPS) is 15.3. The summed E-state index contributed by atoms with van der Waals surface area (Å²) >= 11 is 3.41. The minimum atomic E-state index is -0.386. The SMILES string of the molecule is CCC(NC(C(=O)OC)C(C)CC)c1cc(Br)ccc1O. The molecule has 5 heteroatoms. The van der Waals surface area contributed by atoms with E-state index in [2.05, 4.69) is 21.2 Å². The molecule has 0 heterocycles. The van der Waals surface area contributed by atoms with Crippen molar-refractivity contribution in [2.24, 2.45) is 5.92 Å². The van der Waals surface area contributed by atoms with E-state index in [-0.39, 0.29) is 29.7 Å². The van der Waals surface area contributed by atoms with Crippen LogP contribution in [0.4, 0.5) is 0 Å². The molecule has 0 bridgehead atoms. The average Bonchev–Trinajstić information content (AvgIpc) is 2.49. The van der Waals surface area contributed by atoms with Gasteiger partial charge in [0, 0.05) is 16.1 Å². The maximum Gasteiger partial charge on any atom is 0.323 e. The highest BCUT2D eigenvalue weighted by atomic mass is 79.9. The predicted octanol–water partition coefficient (Wildman–Crippen LogP) is 3.78. The number of hydrogen-bond acceptors (Lipinski definition) is 4. The molecule has 0 amide bonds. The van der Waals surface area contributed by atoms with Crippen LogP contribution in [0.1, 0.15) is 45.2 Å². The molecule has 0 aliphatic rings. The summed E-state index contributed by atoms with van der Waals surface area (Å²) in [6, 6.07) is 4.82. The summed E-state index contributed by atoms with van der Waals surface area (Å²) in [5, 5.41) is 13.4. The molecule has 3 atom stereocenters. The minimum absolute atomic E-state index is 0.111. The first kappa shape index (κ1) is 18.0. The van der Waals surface area contributed by atoms with Gasteiger partial charge in [0.05, 0.1) is 7.11 Å². The van der Waals surface area contributed by atoms with E-state index < -0.39 is 0 Å². The Morgan fingerprint density at radius 3 is 2.57 bits per heavy atom. The third-order valence-corrected chi connectivity index (χ3v) is 4.32. The van der Waals surface area contributed by atoms with Gasteiger partial charge in [0.2, 0.25) is 0 Å². The van der Waals surface area contributed by atoms with Crippen molar-refractivity contribution in [2.45, 2.75) is 45.7 Å². The number of esters is 1. The standard InChI is InChI=1S/C16H24BrNO3/c1-5-10(3)15(16(20)21-4)18-13(6-2)12-9-11(17)7-8-14(12)19/h7-10,13,15,18-19H,5-6H2,1-4H3.